The van der Waals surface area contributed by atoms with Gasteiger partial charge in [-0.25, -0.2) is 4.79 Å². The normalized spacial score (nSPS) is 42.9. The van der Waals surface area contributed by atoms with Gasteiger partial charge in [0.1, 0.15) is 67.1 Å². The number of ether oxygens (including phenoxy) is 5. The van der Waals surface area contributed by atoms with E-state index in [1.165, 1.54) is 0 Å². The van der Waals surface area contributed by atoms with Crippen LogP contribution in [0.2, 0.25) is 0 Å². The third kappa shape index (κ3) is 8.26. The average Bonchev–Trinajstić information content (AvgIpc) is 2.99. The van der Waals surface area contributed by atoms with Crippen molar-refractivity contribution in [3.63, 3.8) is 0 Å². The van der Waals surface area contributed by atoms with Gasteiger partial charge in [-0.1, -0.05) is 0 Å². The van der Waals surface area contributed by atoms with Gasteiger partial charge in [-0.15, -0.1) is 0 Å². The van der Waals surface area contributed by atoms with E-state index in [4.69, 9.17) is 23.7 Å². The molecule has 266 valence electrons. The van der Waals surface area contributed by atoms with E-state index in [2.05, 4.69) is 10.6 Å². The highest BCUT2D eigenvalue weighted by molar-refractivity contribution is 5.76. The minimum Gasteiger partial charge on any atom is -0.477 e. The number of rotatable bonds is 12. The minimum atomic E-state index is -2.84. The average molecular weight is 675 g/mol. The summed E-state index contributed by atoms with van der Waals surface area (Å²) < 4.78 is 27.2. The van der Waals surface area contributed by atoms with Crippen molar-refractivity contribution in [3.05, 3.63) is 0 Å². The molecule has 3 aliphatic heterocycles. The molecular weight excluding hydrogens is 632 g/mol. The number of aliphatic carboxylic acids is 1. The lowest BCUT2D eigenvalue weighted by atomic mass is 9.88. The van der Waals surface area contributed by atoms with E-state index < -0.39 is 142 Å². The third-order valence-electron chi connectivity index (χ3n) is 7.87. The summed E-state index contributed by atoms with van der Waals surface area (Å²) in [7, 11) is 0. The number of carboxylic acid groups (broad SMARTS) is 1. The molecule has 16 atom stereocenters. The number of carbonyl (C=O) groups excluding carboxylic acids is 2. The molecule has 21 heteroatoms. The van der Waals surface area contributed by atoms with E-state index in [-0.39, 0.29) is 0 Å². The number of nitrogens with one attached hydrogen (secondary N) is 2. The molecule has 3 heterocycles. The highest BCUT2D eigenvalue weighted by Gasteiger charge is 2.57. The molecule has 0 radical (unpaired) electrons. The number of hydrogen-bond donors (Lipinski definition) is 13. The summed E-state index contributed by atoms with van der Waals surface area (Å²) in [6.07, 6.45) is -24.9. The maximum absolute atomic E-state index is 12.4. The van der Waals surface area contributed by atoms with E-state index in [0.29, 0.717) is 0 Å². The molecule has 21 nitrogen and oxygen atoms in total. The van der Waals surface area contributed by atoms with Gasteiger partial charge in [0.2, 0.25) is 11.8 Å². The lowest BCUT2D eigenvalue weighted by molar-refractivity contribution is -0.358. The Bertz CT molecular complexity index is 1050. The van der Waals surface area contributed by atoms with Crippen molar-refractivity contribution < 1.29 is 94.2 Å². The van der Waals surface area contributed by atoms with Crippen LogP contribution in [0.1, 0.15) is 20.3 Å². The van der Waals surface area contributed by atoms with Gasteiger partial charge < -0.3 is 90.5 Å². The van der Waals surface area contributed by atoms with Crippen LogP contribution in [0.3, 0.4) is 0 Å². The monoisotopic (exact) mass is 674 g/mol. The molecule has 0 aromatic heterocycles. The second kappa shape index (κ2) is 15.8. The summed E-state index contributed by atoms with van der Waals surface area (Å²) in [6, 6.07) is -2.96. The quantitative estimate of drug-likeness (QED) is 0.0913. The van der Waals surface area contributed by atoms with Gasteiger partial charge in [0.05, 0.1) is 32.0 Å². The summed E-state index contributed by atoms with van der Waals surface area (Å²) in [6.45, 7) is -0.695. The Hall–Kier alpha value is -2.19. The van der Waals surface area contributed by atoms with Crippen molar-refractivity contribution in [1.82, 2.24) is 10.6 Å². The molecule has 0 aromatic carbocycles. The van der Waals surface area contributed by atoms with E-state index in [9.17, 15) is 70.6 Å². The highest BCUT2D eigenvalue weighted by atomic mass is 16.8. The third-order valence-corrected chi connectivity index (χ3v) is 7.87. The molecule has 0 aliphatic carbocycles. The van der Waals surface area contributed by atoms with E-state index in [1.54, 1.807) is 0 Å². The standard InChI is InChI=1S/C25H42N2O19/c1-7(30)26-13-9(32)3-25(24(40)41,46-21(13)15(34)10(33)4-28)42-6-12-16(35)18(37)19(38)23(44-12)45-20-11(5-29)43-22(39)14(17(20)36)27-8(2)31/h9-23,28-29,32-39H,3-6H2,1-2H3,(H,26,30)(H,27,31)(H,40,41)/t9-,10+,11+,12+,13+,14+,15+,16+,17+,18-,19-,20+,21+,22?,23-,25+/m0/s1. The number of hydrogen-bond acceptors (Lipinski definition) is 18. The number of aliphatic hydroxyl groups is 10. The SMILES string of the molecule is CC(=O)N[C@H]1[C@H]([C@H](O)[C@H](O)CO)O[C@@](OC[C@H]2O[C@@H](O[C@H]3[C@H](O)[C@@H](NC(C)=O)C(O)O[C@@H]3CO)[C@@H](O)[C@@H](O)[C@@H]2O)(C(=O)O)C[C@@H]1O. The Kier molecular flexibility index (Phi) is 13.1. The van der Waals surface area contributed by atoms with Gasteiger partial charge >= 0.3 is 5.97 Å². The van der Waals surface area contributed by atoms with Gasteiger partial charge in [-0.3, -0.25) is 9.59 Å². The van der Waals surface area contributed by atoms with Crippen LogP contribution >= 0.6 is 0 Å². The Balaban J connectivity index is 1.83. The molecule has 13 N–H and O–H groups in total. The van der Waals surface area contributed by atoms with Crippen LogP contribution in [0.4, 0.5) is 0 Å². The zero-order valence-electron chi connectivity index (χ0n) is 24.7. The Morgan fingerprint density at radius 1 is 0.870 bits per heavy atom. The molecule has 3 saturated heterocycles. The summed E-state index contributed by atoms with van der Waals surface area (Å²) >= 11 is 0. The molecule has 2 amide bonds. The molecule has 46 heavy (non-hydrogen) atoms. The lowest BCUT2D eigenvalue weighted by Crippen LogP contribution is -2.69. The second-order valence-corrected chi connectivity index (χ2v) is 11.3. The summed E-state index contributed by atoms with van der Waals surface area (Å²) in [5.74, 6) is -6.12. The van der Waals surface area contributed by atoms with Gasteiger partial charge in [0.25, 0.3) is 5.79 Å². The fourth-order valence-corrected chi connectivity index (χ4v) is 5.46. The Morgan fingerprint density at radius 3 is 2.02 bits per heavy atom. The van der Waals surface area contributed by atoms with Crippen molar-refractivity contribution in [1.29, 1.82) is 0 Å². The van der Waals surface area contributed by atoms with Crippen LogP contribution in [0.5, 0.6) is 0 Å². The summed E-state index contributed by atoms with van der Waals surface area (Å²) in [5, 5.41) is 117. The first-order valence-corrected chi connectivity index (χ1v) is 14.2. The van der Waals surface area contributed by atoms with E-state index >= 15 is 0 Å². The first-order valence-electron chi connectivity index (χ1n) is 14.2. The molecule has 0 bridgehead atoms. The molecule has 0 spiro atoms. The molecule has 0 saturated carbocycles. The minimum absolute atomic E-state index is 0.677. The second-order valence-electron chi connectivity index (χ2n) is 11.3. The topological polar surface area (TPSA) is 344 Å². The van der Waals surface area contributed by atoms with Gasteiger partial charge in [-0.2, -0.15) is 0 Å². The van der Waals surface area contributed by atoms with Crippen LogP contribution in [0, 0.1) is 0 Å². The van der Waals surface area contributed by atoms with Crippen LogP contribution in [0.25, 0.3) is 0 Å². The van der Waals surface area contributed by atoms with E-state index in [0.717, 1.165) is 13.8 Å². The number of amides is 2. The number of aliphatic hydroxyl groups excluding tert-OH is 10. The van der Waals surface area contributed by atoms with Crippen molar-refractivity contribution in [2.75, 3.05) is 19.8 Å². The zero-order chi connectivity index (χ0) is 34.7. The highest BCUT2D eigenvalue weighted by Crippen LogP contribution is 2.35. The van der Waals surface area contributed by atoms with Gasteiger partial charge in [0, 0.05) is 20.3 Å². The predicted octanol–water partition coefficient (Wildman–Crippen LogP) is -8.08. The fourth-order valence-electron chi connectivity index (χ4n) is 5.46. The van der Waals surface area contributed by atoms with Crippen molar-refractivity contribution in [3.8, 4) is 0 Å². The van der Waals surface area contributed by atoms with Crippen LogP contribution < -0.4 is 10.6 Å². The maximum Gasteiger partial charge on any atom is 0.364 e. The largest absolute Gasteiger partial charge is 0.477 e. The van der Waals surface area contributed by atoms with Crippen LogP contribution in [0.15, 0.2) is 0 Å². The molecule has 3 aliphatic rings. The van der Waals surface area contributed by atoms with Crippen LogP contribution in [-0.2, 0) is 38.1 Å². The summed E-state index contributed by atoms with van der Waals surface area (Å²) in [5.41, 5.74) is 0. The number of carbonyl (C=O) groups is 3. The molecule has 1 unspecified atom stereocenters. The molecule has 3 fully saturated rings. The van der Waals surface area contributed by atoms with Gasteiger partial charge in [-0.05, 0) is 0 Å². The predicted molar refractivity (Wildman–Crippen MR) is 142 cm³/mol. The zero-order valence-corrected chi connectivity index (χ0v) is 24.7. The van der Waals surface area contributed by atoms with Crippen LogP contribution in [-0.4, -0.2) is 191 Å². The Morgan fingerprint density at radius 2 is 1.48 bits per heavy atom. The summed E-state index contributed by atoms with van der Waals surface area (Å²) in [4.78, 5) is 35.7. The lowest BCUT2D eigenvalue weighted by Gasteiger charge is -2.48. The molecule has 3 rings (SSSR count). The number of carboxylic acids is 1. The fraction of sp³-hybridized carbons (Fsp3) is 0.880. The molecule has 0 aromatic rings. The first kappa shape index (κ1) is 38.3. The van der Waals surface area contributed by atoms with Crippen molar-refractivity contribution in [2.24, 2.45) is 0 Å². The smallest absolute Gasteiger partial charge is 0.364 e. The molecular formula is C25H42N2O19. The maximum atomic E-state index is 12.4. The van der Waals surface area contributed by atoms with Crippen molar-refractivity contribution >= 4 is 17.8 Å². The van der Waals surface area contributed by atoms with E-state index in [1.807, 2.05) is 0 Å². The first-order chi connectivity index (χ1) is 21.5. The van der Waals surface area contributed by atoms with Crippen molar-refractivity contribution in [2.45, 2.75) is 118 Å². The van der Waals surface area contributed by atoms with Gasteiger partial charge in [0.15, 0.2) is 12.6 Å². The Labute approximate surface area is 260 Å².